The van der Waals surface area contributed by atoms with Gasteiger partial charge in [-0.25, -0.2) is 0 Å². The molecule has 0 saturated heterocycles. The maximum atomic E-state index is 2.30. The Hall–Kier alpha value is -1.04. The second kappa shape index (κ2) is 2.23. The van der Waals surface area contributed by atoms with Crippen LogP contribution in [0.1, 0.15) is 17.5 Å². The second-order valence-corrected chi connectivity index (χ2v) is 3.23. The molecule has 11 heavy (non-hydrogen) atoms. The topological polar surface area (TPSA) is 0 Å². The molecule has 2 rings (SSSR count). The molecule has 1 aliphatic carbocycles. The second-order valence-electron chi connectivity index (χ2n) is 3.23. The van der Waals surface area contributed by atoms with Gasteiger partial charge in [0.25, 0.3) is 0 Å². The lowest BCUT2D eigenvalue weighted by molar-refractivity contribution is 1.32. The van der Waals surface area contributed by atoms with Crippen molar-refractivity contribution in [3.8, 4) is 0 Å². The number of aryl methyl sites for hydroxylation is 2. The Kier molecular flexibility index (Phi) is 1.35. The van der Waals surface area contributed by atoms with Gasteiger partial charge in [0, 0.05) is 0 Å². The van der Waals surface area contributed by atoms with E-state index in [0.29, 0.717) is 0 Å². The van der Waals surface area contributed by atoms with Crippen LogP contribution in [0, 0.1) is 13.8 Å². The van der Waals surface area contributed by atoms with Crippen molar-refractivity contribution in [3.05, 3.63) is 33.7 Å². The van der Waals surface area contributed by atoms with Gasteiger partial charge in [0.2, 0.25) is 0 Å². The highest BCUT2D eigenvalue weighted by atomic mass is 14.0. The maximum Gasteiger partial charge on any atom is -0.0151 e. The Labute approximate surface area is 66.9 Å². The molecule has 0 nitrogen and oxygen atoms in total. The van der Waals surface area contributed by atoms with E-state index >= 15 is 0 Å². The lowest BCUT2D eigenvalue weighted by Gasteiger charge is -1.95. The third-order valence-corrected chi connectivity index (χ3v) is 2.22. The van der Waals surface area contributed by atoms with Gasteiger partial charge < -0.3 is 0 Å². The van der Waals surface area contributed by atoms with Crippen LogP contribution in [0.2, 0.25) is 0 Å². The molecule has 0 aromatic heterocycles. The van der Waals surface area contributed by atoms with Crippen LogP contribution in [0.5, 0.6) is 0 Å². The molecule has 0 N–H and O–H groups in total. The molecule has 0 spiro atoms. The summed E-state index contributed by atoms with van der Waals surface area (Å²) >= 11 is 0. The first-order valence-corrected chi connectivity index (χ1v) is 4.05. The minimum absolute atomic E-state index is 1.11. The summed E-state index contributed by atoms with van der Waals surface area (Å²) in [5.74, 6) is 0. The van der Waals surface area contributed by atoms with Crippen LogP contribution < -0.4 is 10.4 Å². The Balaban J connectivity index is 2.93. The Morgan fingerprint density at radius 2 is 1.91 bits per heavy atom. The number of rotatable bonds is 0. The van der Waals surface area contributed by atoms with E-state index < -0.39 is 0 Å². The average Bonchev–Trinajstić information content (AvgIpc) is 2.34. The summed E-state index contributed by atoms with van der Waals surface area (Å²) in [6, 6.07) is 4.50. The van der Waals surface area contributed by atoms with Gasteiger partial charge in [0.05, 0.1) is 0 Å². The molecular formula is C11H12. The fraction of sp³-hybridized carbons (Fsp3) is 0.273. The van der Waals surface area contributed by atoms with E-state index in [1.54, 1.807) is 0 Å². The smallest absolute Gasteiger partial charge is 0.0151 e. The average molecular weight is 144 g/mol. The fourth-order valence-electron chi connectivity index (χ4n) is 1.76. The Morgan fingerprint density at radius 1 is 1.09 bits per heavy atom. The molecule has 0 unspecified atom stereocenters. The Bertz CT molecular complexity index is 397. The van der Waals surface area contributed by atoms with E-state index in [2.05, 4.69) is 38.1 Å². The maximum absolute atomic E-state index is 2.30. The molecule has 1 aliphatic rings. The van der Waals surface area contributed by atoms with Crippen molar-refractivity contribution >= 4 is 12.2 Å². The molecule has 56 valence electrons. The molecule has 0 saturated carbocycles. The molecule has 0 fully saturated rings. The predicted octanol–water partition coefficient (Wildman–Crippen LogP) is 1.27. The summed E-state index contributed by atoms with van der Waals surface area (Å²) in [6.45, 7) is 4.33. The first-order valence-electron chi connectivity index (χ1n) is 4.05. The van der Waals surface area contributed by atoms with Crippen molar-refractivity contribution in [2.24, 2.45) is 0 Å². The summed E-state index contributed by atoms with van der Waals surface area (Å²) in [5, 5.41) is 2.86. The van der Waals surface area contributed by atoms with Crippen molar-refractivity contribution < 1.29 is 0 Å². The van der Waals surface area contributed by atoms with E-state index in [1.165, 1.54) is 21.6 Å². The van der Waals surface area contributed by atoms with Crippen molar-refractivity contribution in [2.45, 2.75) is 20.3 Å². The first-order chi connectivity index (χ1) is 5.27. The highest BCUT2D eigenvalue weighted by Crippen LogP contribution is 1.97. The van der Waals surface area contributed by atoms with Crippen molar-refractivity contribution in [1.82, 2.24) is 0 Å². The third kappa shape index (κ3) is 0.988. The van der Waals surface area contributed by atoms with E-state index in [1.807, 2.05) is 0 Å². The molecule has 0 heteroatoms. The van der Waals surface area contributed by atoms with Crippen LogP contribution >= 0.6 is 0 Å². The van der Waals surface area contributed by atoms with E-state index in [-0.39, 0.29) is 0 Å². The number of fused-ring (bicyclic) bond motifs is 1. The molecule has 0 bridgehead atoms. The van der Waals surface area contributed by atoms with Gasteiger partial charge in [-0.05, 0) is 36.3 Å². The summed E-state index contributed by atoms with van der Waals surface area (Å²) in [6.07, 6.45) is 5.69. The van der Waals surface area contributed by atoms with E-state index in [4.69, 9.17) is 0 Å². The highest BCUT2D eigenvalue weighted by Gasteiger charge is 1.96. The van der Waals surface area contributed by atoms with Crippen LogP contribution in [0.3, 0.4) is 0 Å². The standard InChI is InChI=1S/C11H12/c1-8-6-9(2)11-5-3-4-10(11)7-8/h4-7H,3H2,1-2H3. The van der Waals surface area contributed by atoms with Crippen molar-refractivity contribution in [2.75, 3.05) is 0 Å². The highest BCUT2D eigenvalue weighted by molar-refractivity contribution is 5.49. The summed E-state index contributed by atoms with van der Waals surface area (Å²) in [4.78, 5) is 0. The summed E-state index contributed by atoms with van der Waals surface area (Å²) in [5.41, 5.74) is 2.78. The van der Waals surface area contributed by atoms with Gasteiger partial charge in [-0.2, -0.15) is 0 Å². The number of benzene rings is 1. The molecule has 0 heterocycles. The Morgan fingerprint density at radius 3 is 2.73 bits per heavy atom. The lowest BCUT2D eigenvalue weighted by Crippen LogP contribution is -2.24. The van der Waals surface area contributed by atoms with Crippen LogP contribution in [-0.4, -0.2) is 0 Å². The molecule has 0 amide bonds. The van der Waals surface area contributed by atoms with Gasteiger partial charge >= 0.3 is 0 Å². The summed E-state index contributed by atoms with van der Waals surface area (Å²) < 4.78 is 0. The number of hydrogen-bond donors (Lipinski definition) is 0. The molecule has 0 atom stereocenters. The molecule has 1 aromatic rings. The first kappa shape index (κ1) is 6.66. The van der Waals surface area contributed by atoms with Gasteiger partial charge in [-0.15, -0.1) is 0 Å². The monoisotopic (exact) mass is 144 g/mol. The van der Waals surface area contributed by atoms with E-state index in [9.17, 15) is 0 Å². The van der Waals surface area contributed by atoms with Crippen molar-refractivity contribution in [3.63, 3.8) is 0 Å². The van der Waals surface area contributed by atoms with Crippen LogP contribution in [0.4, 0.5) is 0 Å². The minimum atomic E-state index is 1.11. The summed E-state index contributed by atoms with van der Waals surface area (Å²) in [7, 11) is 0. The van der Waals surface area contributed by atoms with Gasteiger partial charge in [0.15, 0.2) is 0 Å². The zero-order chi connectivity index (χ0) is 7.84. The predicted molar refractivity (Wildman–Crippen MR) is 48.7 cm³/mol. The largest absolute Gasteiger partial charge is 0.0728 e. The van der Waals surface area contributed by atoms with Gasteiger partial charge in [0.1, 0.15) is 0 Å². The van der Waals surface area contributed by atoms with Crippen LogP contribution in [0.15, 0.2) is 12.1 Å². The zero-order valence-electron chi connectivity index (χ0n) is 7.02. The van der Waals surface area contributed by atoms with Crippen LogP contribution in [0.25, 0.3) is 12.2 Å². The molecule has 1 aromatic carbocycles. The van der Waals surface area contributed by atoms with Crippen LogP contribution in [-0.2, 0) is 0 Å². The lowest BCUT2D eigenvalue weighted by atomic mass is 10.1. The number of hydrogen-bond acceptors (Lipinski definition) is 0. The quantitative estimate of drug-likeness (QED) is 0.514. The normalized spacial score (nSPS) is 13.6. The van der Waals surface area contributed by atoms with Crippen molar-refractivity contribution in [1.29, 1.82) is 0 Å². The van der Waals surface area contributed by atoms with Gasteiger partial charge in [-0.1, -0.05) is 29.8 Å². The fourth-order valence-corrected chi connectivity index (χ4v) is 1.76. The molecular weight excluding hydrogens is 132 g/mol. The zero-order valence-corrected chi connectivity index (χ0v) is 7.02. The van der Waals surface area contributed by atoms with Gasteiger partial charge in [-0.3, -0.25) is 0 Å². The third-order valence-electron chi connectivity index (χ3n) is 2.22. The van der Waals surface area contributed by atoms with E-state index in [0.717, 1.165) is 6.42 Å². The SMILES string of the molecule is Cc1cc(C)c2c(c1)=CCC=2. The minimum Gasteiger partial charge on any atom is -0.0728 e. The molecule has 0 aliphatic heterocycles. The molecule has 0 radical (unpaired) electrons.